The fourth-order valence-electron chi connectivity index (χ4n) is 7.55. The number of allylic oxidation sites excluding steroid dienone is 1. The number of unbranched alkanes of at least 4 members (excludes halogenated alkanes) is 1. The van der Waals surface area contributed by atoms with Crippen molar-refractivity contribution in [1.82, 2.24) is 0 Å². The molecule has 10 atom stereocenters. The molecule has 4 aromatic rings. The number of aliphatic hydroxyl groups is 1. The molecule has 13 heteroatoms. The van der Waals surface area contributed by atoms with Crippen LogP contribution >= 0.6 is 0 Å². The van der Waals surface area contributed by atoms with E-state index in [0.717, 1.165) is 22.3 Å². The largest absolute Gasteiger partial charge is 0.454 e. The van der Waals surface area contributed by atoms with Gasteiger partial charge in [0.1, 0.15) is 36.6 Å². The van der Waals surface area contributed by atoms with E-state index in [-0.39, 0.29) is 46.2 Å². The Balaban J connectivity index is 1.41. The van der Waals surface area contributed by atoms with Crippen LogP contribution in [0.25, 0.3) is 0 Å². The zero-order valence-corrected chi connectivity index (χ0v) is 40.3. The minimum absolute atomic E-state index is 0.0314. The zero-order chi connectivity index (χ0) is 48.5. The second kappa shape index (κ2) is 25.7. The van der Waals surface area contributed by atoms with Crippen LogP contribution in [0.4, 0.5) is 0 Å². The van der Waals surface area contributed by atoms with Crippen LogP contribution in [-0.2, 0) is 83.4 Å². The highest BCUT2D eigenvalue weighted by atomic mass is 16.8. The van der Waals surface area contributed by atoms with Gasteiger partial charge in [0.2, 0.25) is 0 Å². The van der Waals surface area contributed by atoms with Crippen molar-refractivity contribution in [3.63, 3.8) is 0 Å². The number of carbonyl (C=O) groups excluding carboxylic acids is 2. The molecular formula is C55H70O13. The minimum Gasteiger partial charge on any atom is -0.454 e. The normalized spacial score (nSPS) is 25.3. The highest BCUT2D eigenvalue weighted by molar-refractivity contribution is 5.76. The van der Waals surface area contributed by atoms with Gasteiger partial charge in [-0.3, -0.25) is 9.59 Å². The standard InChI is InChI=1S/C55H70O13/c1-8-9-22-31-61-50-49(68-53(58)55(5,6)7)48(63-35-41-29-20-13-21-30-41)46(43(64-50)37-60-33-39-25-16-11-17-26-39)66-51-47(67-52(57)54(2,3)4)44(56)45(62-34-40-27-18-12-19-28-40)42(65-51)36-59-32-38-23-14-10-15-24-38/h8,10-21,23-30,42-51,56H,1,9,22,31-37H2,2-7H3. The van der Waals surface area contributed by atoms with E-state index in [9.17, 15) is 14.7 Å². The van der Waals surface area contributed by atoms with E-state index in [1.807, 2.05) is 121 Å². The quantitative estimate of drug-likeness (QED) is 0.0430. The monoisotopic (exact) mass is 938 g/mol. The van der Waals surface area contributed by atoms with Crippen LogP contribution in [0, 0.1) is 10.8 Å². The maximum absolute atomic E-state index is 13.9. The summed E-state index contributed by atoms with van der Waals surface area (Å²) in [7, 11) is 0. The molecule has 0 bridgehead atoms. The van der Waals surface area contributed by atoms with Gasteiger partial charge in [-0.15, -0.1) is 6.58 Å². The molecule has 0 radical (unpaired) electrons. The van der Waals surface area contributed by atoms with E-state index in [1.54, 1.807) is 47.6 Å². The average molecular weight is 939 g/mol. The molecule has 10 unspecified atom stereocenters. The first-order chi connectivity index (χ1) is 32.7. The van der Waals surface area contributed by atoms with Gasteiger partial charge in [0.15, 0.2) is 24.8 Å². The van der Waals surface area contributed by atoms with Gasteiger partial charge in [-0.2, -0.15) is 0 Å². The van der Waals surface area contributed by atoms with Crippen molar-refractivity contribution < 1.29 is 62.1 Å². The molecule has 6 rings (SSSR count). The second-order valence-electron chi connectivity index (χ2n) is 19.2. The van der Waals surface area contributed by atoms with Crippen LogP contribution in [0.3, 0.4) is 0 Å². The molecule has 2 aliphatic heterocycles. The van der Waals surface area contributed by atoms with E-state index in [1.165, 1.54) is 0 Å². The number of benzene rings is 4. The van der Waals surface area contributed by atoms with Gasteiger partial charge in [-0.05, 0) is 76.6 Å². The molecule has 68 heavy (non-hydrogen) atoms. The van der Waals surface area contributed by atoms with E-state index < -0.39 is 84.2 Å². The molecule has 2 heterocycles. The summed E-state index contributed by atoms with van der Waals surface area (Å²) in [5.41, 5.74) is 1.66. The Morgan fingerprint density at radius 2 is 0.956 bits per heavy atom. The Morgan fingerprint density at radius 3 is 1.41 bits per heavy atom. The number of hydrogen-bond donors (Lipinski definition) is 1. The minimum atomic E-state index is -1.48. The molecular weight excluding hydrogens is 869 g/mol. The molecule has 0 saturated carbocycles. The van der Waals surface area contributed by atoms with Gasteiger partial charge in [0, 0.05) is 0 Å². The lowest BCUT2D eigenvalue weighted by atomic mass is 9.94. The molecule has 2 saturated heterocycles. The molecule has 0 amide bonds. The molecule has 0 aromatic heterocycles. The van der Waals surface area contributed by atoms with E-state index in [2.05, 4.69) is 6.58 Å². The van der Waals surface area contributed by atoms with Crippen molar-refractivity contribution in [3.05, 3.63) is 156 Å². The Labute approximate surface area is 401 Å². The first-order valence-corrected chi connectivity index (χ1v) is 23.5. The third-order valence-electron chi connectivity index (χ3n) is 11.4. The number of carbonyl (C=O) groups is 2. The van der Waals surface area contributed by atoms with E-state index >= 15 is 0 Å². The van der Waals surface area contributed by atoms with Crippen molar-refractivity contribution in [1.29, 1.82) is 0 Å². The van der Waals surface area contributed by atoms with Crippen LogP contribution in [-0.4, -0.2) is 98.3 Å². The van der Waals surface area contributed by atoms with Crippen LogP contribution in [0.5, 0.6) is 0 Å². The molecule has 368 valence electrons. The molecule has 13 nitrogen and oxygen atoms in total. The SMILES string of the molecule is C=CCCCOC1OC(COCc2ccccc2)C(OC2OC(COCc3ccccc3)C(OCc3ccccc3)C(O)C2OC(=O)C(C)(C)C)C(OCc2ccccc2)C1OC(=O)C(C)(C)C. The third-order valence-corrected chi connectivity index (χ3v) is 11.4. The van der Waals surface area contributed by atoms with Gasteiger partial charge >= 0.3 is 11.9 Å². The lowest BCUT2D eigenvalue weighted by Gasteiger charge is -2.49. The molecule has 2 aliphatic rings. The summed E-state index contributed by atoms with van der Waals surface area (Å²) in [6, 6.07) is 38.5. The Kier molecular flexibility index (Phi) is 19.9. The van der Waals surface area contributed by atoms with Crippen LogP contribution in [0.2, 0.25) is 0 Å². The number of hydrogen-bond acceptors (Lipinski definition) is 13. The van der Waals surface area contributed by atoms with Crippen molar-refractivity contribution in [2.45, 2.75) is 142 Å². The predicted octanol–water partition coefficient (Wildman–Crippen LogP) is 8.69. The summed E-state index contributed by atoms with van der Waals surface area (Å²) in [6.45, 7) is 15.2. The number of rotatable bonds is 23. The fraction of sp³-hybridized carbons (Fsp3) is 0.491. The molecule has 0 aliphatic carbocycles. The van der Waals surface area contributed by atoms with Gasteiger partial charge in [0.25, 0.3) is 0 Å². The Hall–Kier alpha value is -4.80. The maximum atomic E-state index is 13.9. The zero-order valence-electron chi connectivity index (χ0n) is 40.3. The lowest BCUT2D eigenvalue weighted by Crippen LogP contribution is -2.66. The number of aliphatic hydroxyl groups excluding tert-OH is 1. The van der Waals surface area contributed by atoms with Crippen molar-refractivity contribution in [3.8, 4) is 0 Å². The van der Waals surface area contributed by atoms with Crippen LogP contribution < -0.4 is 0 Å². The third kappa shape index (κ3) is 15.6. The maximum Gasteiger partial charge on any atom is 0.311 e. The van der Waals surface area contributed by atoms with Crippen molar-refractivity contribution >= 4 is 11.9 Å². The van der Waals surface area contributed by atoms with E-state index in [4.69, 9.17) is 47.4 Å². The Bertz CT molecular complexity index is 2090. The summed E-state index contributed by atoms with van der Waals surface area (Å²) in [5, 5.41) is 12.5. The summed E-state index contributed by atoms with van der Waals surface area (Å²) in [5.74, 6) is -1.13. The van der Waals surface area contributed by atoms with E-state index in [0.29, 0.717) is 12.8 Å². The number of esters is 2. The highest BCUT2D eigenvalue weighted by Gasteiger charge is 2.56. The van der Waals surface area contributed by atoms with Crippen LogP contribution in [0.15, 0.2) is 134 Å². The molecule has 4 aromatic carbocycles. The summed E-state index contributed by atoms with van der Waals surface area (Å²) in [4.78, 5) is 27.8. The fourth-order valence-corrected chi connectivity index (χ4v) is 7.55. The smallest absolute Gasteiger partial charge is 0.311 e. The summed E-state index contributed by atoms with van der Waals surface area (Å²) in [6.07, 6.45) is -8.75. The van der Waals surface area contributed by atoms with Gasteiger partial charge in [-0.25, -0.2) is 0 Å². The van der Waals surface area contributed by atoms with Gasteiger partial charge < -0.3 is 52.5 Å². The van der Waals surface area contributed by atoms with Gasteiger partial charge in [0.05, 0.1) is 57.1 Å². The Morgan fingerprint density at radius 1 is 0.544 bits per heavy atom. The topological polar surface area (TPSA) is 147 Å². The molecule has 2 fully saturated rings. The first-order valence-electron chi connectivity index (χ1n) is 23.5. The van der Waals surface area contributed by atoms with Gasteiger partial charge in [-0.1, -0.05) is 127 Å². The summed E-state index contributed by atoms with van der Waals surface area (Å²) < 4.78 is 65.6. The molecule has 1 N–H and O–H groups in total. The highest BCUT2D eigenvalue weighted by Crippen LogP contribution is 2.37. The molecule has 0 spiro atoms. The van der Waals surface area contributed by atoms with Crippen molar-refractivity contribution in [2.75, 3.05) is 19.8 Å². The average Bonchev–Trinajstić information content (AvgIpc) is 3.32. The predicted molar refractivity (Wildman–Crippen MR) is 254 cm³/mol. The van der Waals surface area contributed by atoms with Crippen LogP contribution in [0.1, 0.15) is 76.6 Å². The lowest BCUT2D eigenvalue weighted by molar-refractivity contribution is -0.369. The summed E-state index contributed by atoms with van der Waals surface area (Å²) >= 11 is 0. The number of ether oxygens (including phenoxy) is 10. The van der Waals surface area contributed by atoms with Crippen molar-refractivity contribution in [2.24, 2.45) is 10.8 Å². The second-order valence-corrected chi connectivity index (χ2v) is 19.2. The first kappa shape index (κ1) is 52.6.